The summed E-state index contributed by atoms with van der Waals surface area (Å²) in [5.74, 6) is -0.865. The molecule has 0 radical (unpaired) electrons. The van der Waals surface area contributed by atoms with Gasteiger partial charge in [0.1, 0.15) is 5.54 Å². The molecule has 3 atom stereocenters. The molecule has 1 saturated heterocycles. The number of para-hydroxylation sites is 1. The number of amides is 1. The Morgan fingerprint density at radius 3 is 2.40 bits per heavy atom. The summed E-state index contributed by atoms with van der Waals surface area (Å²) in [4.78, 5) is 29.5. The summed E-state index contributed by atoms with van der Waals surface area (Å²) in [7, 11) is 1.93. The van der Waals surface area contributed by atoms with Gasteiger partial charge < -0.3 is 5.32 Å². The zero-order valence-corrected chi connectivity index (χ0v) is 17.3. The molecule has 1 spiro atoms. The van der Waals surface area contributed by atoms with Crippen LogP contribution in [0.25, 0.3) is 0 Å². The Labute approximate surface area is 180 Å². The fourth-order valence-electron chi connectivity index (χ4n) is 5.19. The first-order valence-electron chi connectivity index (χ1n) is 10.0. The highest BCUT2D eigenvalue weighted by Gasteiger charge is 2.64. The number of hydrogen-bond donors (Lipinski definition) is 1. The number of carbonyl (C=O) groups is 2. The van der Waals surface area contributed by atoms with Crippen LogP contribution in [0.15, 0.2) is 78.9 Å². The summed E-state index contributed by atoms with van der Waals surface area (Å²) in [6, 6.07) is 24.6. The Kier molecular flexibility index (Phi) is 4.49. The highest BCUT2D eigenvalue weighted by molar-refractivity contribution is 6.30. The average Bonchev–Trinajstić information content (AvgIpc) is 3.24. The summed E-state index contributed by atoms with van der Waals surface area (Å²) < 4.78 is 0. The quantitative estimate of drug-likeness (QED) is 0.629. The minimum absolute atomic E-state index is 0.0215. The molecular formula is C25H21ClN2O2. The van der Waals surface area contributed by atoms with E-state index < -0.39 is 11.5 Å². The second kappa shape index (κ2) is 7.08. The predicted molar refractivity (Wildman–Crippen MR) is 118 cm³/mol. The van der Waals surface area contributed by atoms with Crippen LogP contribution in [0, 0.1) is 5.92 Å². The molecular weight excluding hydrogens is 396 g/mol. The minimum atomic E-state index is -1.05. The molecule has 2 aliphatic heterocycles. The van der Waals surface area contributed by atoms with E-state index in [1.807, 2.05) is 90.8 Å². The first kappa shape index (κ1) is 19.0. The van der Waals surface area contributed by atoms with Gasteiger partial charge in [0.2, 0.25) is 5.91 Å². The number of nitrogens with zero attached hydrogens (tertiary/aromatic N) is 1. The fourth-order valence-corrected chi connectivity index (χ4v) is 5.31. The molecule has 2 heterocycles. The number of carbonyl (C=O) groups excluding carboxylic acids is 2. The molecule has 1 amide bonds. The standard InChI is InChI=1S/C25H21ClN2O2/c1-28-15-19(16-11-13-18(26)14-12-16)22(23(29)17-7-3-2-4-8-17)25(28)20-9-5-6-10-21(20)27-24(25)30/h2-14,19,22H,15H2,1H3,(H,27,30)/t19-,22+,25+/m1/s1. The van der Waals surface area contributed by atoms with Gasteiger partial charge >= 0.3 is 0 Å². The zero-order chi connectivity index (χ0) is 20.9. The van der Waals surface area contributed by atoms with Crippen molar-refractivity contribution in [3.63, 3.8) is 0 Å². The van der Waals surface area contributed by atoms with E-state index in [9.17, 15) is 9.59 Å². The lowest BCUT2D eigenvalue weighted by Crippen LogP contribution is -2.51. The van der Waals surface area contributed by atoms with Crippen molar-refractivity contribution < 1.29 is 9.59 Å². The van der Waals surface area contributed by atoms with Crippen LogP contribution in [0.3, 0.4) is 0 Å². The molecule has 4 nitrogen and oxygen atoms in total. The van der Waals surface area contributed by atoms with Crippen LogP contribution in [0.2, 0.25) is 5.02 Å². The van der Waals surface area contributed by atoms with E-state index in [4.69, 9.17) is 11.6 Å². The number of rotatable bonds is 3. The van der Waals surface area contributed by atoms with Gasteiger partial charge in [0, 0.05) is 34.3 Å². The Balaban J connectivity index is 1.73. The van der Waals surface area contributed by atoms with Crippen LogP contribution in [0.5, 0.6) is 0 Å². The highest BCUT2D eigenvalue weighted by Crippen LogP contribution is 2.55. The van der Waals surface area contributed by atoms with E-state index >= 15 is 0 Å². The number of likely N-dealkylation sites (tertiary alicyclic amines) is 1. The number of ketones is 1. The van der Waals surface area contributed by atoms with Gasteiger partial charge in [-0.05, 0) is 30.8 Å². The third-order valence-electron chi connectivity index (χ3n) is 6.50. The van der Waals surface area contributed by atoms with E-state index in [0.29, 0.717) is 17.1 Å². The molecule has 1 N–H and O–H groups in total. The van der Waals surface area contributed by atoms with Crippen molar-refractivity contribution >= 4 is 29.0 Å². The number of hydrogen-bond acceptors (Lipinski definition) is 3. The van der Waals surface area contributed by atoms with Crippen LogP contribution >= 0.6 is 11.6 Å². The molecule has 0 aliphatic carbocycles. The molecule has 0 bridgehead atoms. The smallest absolute Gasteiger partial charge is 0.250 e. The van der Waals surface area contributed by atoms with Crippen LogP contribution in [-0.2, 0) is 10.3 Å². The summed E-state index contributed by atoms with van der Waals surface area (Å²) in [5, 5.41) is 3.67. The Hall–Kier alpha value is -2.95. The van der Waals surface area contributed by atoms with Crippen LogP contribution in [0.4, 0.5) is 5.69 Å². The van der Waals surface area contributed by atoms with Gasteiger partial charge in [-0.15, -0.1) is 0 Å². The third kappa shape index (κ3) is 2.64. The van der Waals surface area contributed by atoms with Gasteiger partial charge in [-0.2, -0.15) is 0 Å². The maximum Gasteiger partial charge on any atom is 0.250 e. The summed E-state index contributed by atoms with van der Waals surface area (Å²) >= 11 is 6.11. The van der Waals surface area contributed by atoms with Crippen molar-refractivity contribution in [1.82, 2.24) is 4.90 Å². The van der Waals surface area contributed by atoms with Crippen LogP contribution < -0.4 is 5.32 Å². The van der Waals surface area contributed by atoms with Crippen molar-refractivity contribution in [3.8, 4) is 0 Å². The number of Topliss-reactive ketones (excluding diaryl/α,β-unsaturated/α-hetero) is 1. The summed E-state index contributed by atoms with van der Waals surface area (Å²) in [6.45, 7) is 0.590. The first-order valence-corrected chi connectivity index (χ1v) is 10.4. The van der Waals surface area contributed by atoms with Crippen molar-refractivity contribution in [2.24, 2.45) is 5.92 Å². The van der Waals surface area contributed by atoms with Gasteiger partial charge in [-0.25, -0.2) is 0 Å². The van der Waals surface area contributed by atoms with Crippen molar-refractivity contribution in [1.29, 1.82) is 0 Å². The molecule has 3 aromatic carbocycles. The average molecular weight is 417 g/mol. The second-order valence-electron chi connectivity index (χ2n) is 8.01. The van der Waals surface area contributed by atoms with Crippen LogP contribution in [0.1, 0.15) is 27.4 Å². The molecule has 3 aromatic rings. The van der Waals surface area contributed by atoms with Crippen molar-refractivity contribution in [2.75, 3.05) is 18.9 Å². The largest absolute Gasteiger partial charge is 0.324 e. The molecule has 30 heavy (non-hydrogen) atoms. The molecule has 150 valence electrons. The Morgan fingerprint density at radius 2 is 1.67 bits per heavy atom. The second-order valence-corrected chi connectivity index (χ2v) is 8.45. The molecule has 5 rings (SSSR count). The van der Waals surface area contributed by atoms with E-state index in [1.165, 1.54) is 0 Å². The number of fused-ring (bicyclic) bond motifs is 2. The molecule has 5 heteroatoms. The lowest BCUT2D eigenvalue weighted by molar-refractivity contribution is -0.126. The molecule has 0 saturated carbocycles. The Morgan fingerprint density at radius 1 is 1.00 bits per heavy atom. The summed E-state index contributed by atoms with van der Waals surface area (Å²) in [6.07, 6.45) is 0. The highest BCUT2D eigenvalue weighted by atomic mass is 35.5. The normalized spacial score (nSPS) is 25.3. The van der Waals surface area contributed by atoms with Gasteiger partial charge in [0.15, 0.2) is 5.78 Å². The first-order chi connectivity index (χ1) is 14.5. The number of likely N-dealkylation sites (N-methyl/N-ethyl adjacent to an activating group) is 1. The zero-order valence-electron chi connectivity index (χ0n) is 16.5. The van der Waals surface area contributed by atoms with E-state index in [2.05, 4.69) is 5.32 Å². The molecule has 0 unspecified atom stereocenters. The van der Waals surface area contributed by atoms with Crippen LogP contribution in [-0.4, -0.2) is 30.2 Å². The number of anilines is 1. The van der Waals surface area contributed by atoms with Gasteiger partial charge in [0.25, 0.3) is 0 Å². The Bertz CT molecular complexity index is 1130. The van der Waals surface area contributed by atoms with Gasteiger partial charge in [0.05, 0.1) is 5.92 Å². The van der Waals surface area contributed by atoms with Gasteiger partial charge in [-0.3, -0.25) is 14.5 Å². The SMILES string of the molecule is CN1C[C@H](c2ccc(Cl)cc2)[C@@H](C(=O)c2ccccc2)[C@@]12C(=O)Nc1ccccc12. The van der Waals surface area contributed by atoms with Gasteiger partial charge in [-0.1, -0.05) is 72.3 Å². The maximum atomic E-state index is 13.9. The fraction of sp³-hybridized carbons (Fsp3) is 0.200. The summed E-state index contributed by atoms with van der Waals surface area (Å²) in [5.41, 5.74) is 2.22. The minimum Gasteiger partial charge on any atom is -0.324 e. The predicted octanol–water partition coefficient (Wildman–Crippen LogP) is 4.72. The monoisotopic (exact) mass is 416 g/mol. The van der Waals surface area contributed by atoms with Crippen molar-refractivity contribution in [3.05, 3.63) is 101 Å². The number of benzene rings is 3. The molecule has 0 aromatic heterocycles. The lowest BCUT2D eigenvalue weighted by Gasteiger charge is -2.35. The lowest BCUT2D eigenvalue weighted by atomic mass is 9.70. The third-order valence-corrected chi connectivity index (χ3v) is 6.75. The molecule has 1 fully saturated rings. The number of halogens is 1. The van der Waals surface area contributed by atoms with E-state index in [0.717, 1.165) is 16.8 Å². The van der Waals surface area contributed by atoms with E-state index in [1.54, 1.807) is 0 Å². The number of nitrogens with one attached hydrogen (secondary N) is 1. The maximum absolute atomic E-state index is 13.9. The molecule has 2 aliphatic rings. The topological polar surface area (TPSA) is 49.4 Å². The van der Waals surface area contributed by atoms with Crippen molar-refractivity contribution in [2.45, 2.75) is 11.5 Å². The van der Waals surface area contributed by atoms with E-state index in [-0.39, 0.29) is 17.6 Å².